The van der Waals surface area contributed by atoms with Crippen LogP contribution in [0.25, 0.3) is 11.4 Å². The van der Waals surface area contributed by atoms with Gasteiger partial charge in [0.15, 0.2) is 5.82 Å². The van der Waals surface area contributed by atoms with Crippen molar-refractivity contribution in [2.45, 2.75) is 44.7 Å². The molecule has 3 aromatic rings. The molecule has 0 radical (unpaired) electrons. The zero-order valence-corrected chi connectivity index (χ0v) is 22.1. The van der Waals surface area contributed by atoms with Crippen molar-refractivity contribution in [1.29, 1.82) is 0 Å². The van der Waals surface area contributed by atoms with E-state index >= 15 is 0 Å². The predicted octanol–water partition coefficient (Wildman–Crippen LogP) is 6.45. The summed E-state index contributed by atoms with van der Waals surface area (Å²) in [4.78, 5) is 21.4. The van der Waals surface area contributed by atoms with Gasteiger partial charge in [-0.15, -0.1) is 0 Å². The quantitative estimate of drug-likeness (QED) is 0.331. The average Bonchev–Trinajstić information content (AvgIpc) is 2.94. The lowest BCUT2D eigenvalue weighted by molar-refractivity contribution is -0.137. The fourth-order valence-electron chi connectivity index (χ4n) is 5.20. The Morgan fingerprint density at radius 2 is 1.69 bits per heavy atom. The number of rotatable bonds is 7. The van der Waals surface area contributed by atoms with Gasteiger partial charge >= 0.3 is 6.18 Å². The Bertz CT molecular complexity index is 1280. The van der Waals surface area contributed by atoms with Gasteiger partial charge in [-0.3, -0.25) is 0 Å². The Labute approximate surface area is 229 Å². The highest BCUT2D eigenvalue weighted by Gasteiger charge is 2.36. The number of halogens is 5. The Morgan fingerprint density at radius 1 is 0.949 bits per heavy atom. The summed E-state index contributed by atoms with van der Waals surface area (Å²) >= 11 is 6.02. The number of nitrogens with zero attached hydrogens (tertiary/aromatic N) is 6. The van der Waals surface area contributed by atoms with Crippen LogP contribution in [0, 0.1) is 11.7 Å². The maximum atomic E-state index is 13.8. The van der Waals surface area contributed by atoms with Crippen LogP contribution in [0.15, 0.2) is 36.5 Å². The highest BCUT2D eigenvalue weighted by molar-refractivity contribution is 6.31. The molecule has 2 aliphatic rings. The molecule has 5 rings (SSSR count). The molecule has 1 aromatic carbocycles. The molecule has 1 saturated carbocycles. The van der Waals surface area contributed by atoms with E-state index in [1.54, 1.807) is 11.0 Å². The lowest BCUT2D eigenvalue weighted by atomic mass is 9.87. The first-order valence-corrected chi connectivity index (χ1v) is 13.6. The van der Waals surface area contributed by atoms with Crippen molar-refractivity contribution < 1.29 is 17.6 Å². The maximum absolute atomic E-state index is 13.8. The Balaban J connectivity index is 1.35. The van der Waals surface area contributed by atoms with Crippen molar-refractivity contribution >= 4 is 29.3 Å². The SMILES string of the molecule is Fc1ccc(-c2nc(NCCC3CCCCC3)nc(N3CCN(c4ncccc4C(F)(F)F)CC3)n2)cc1Cl. The van der Waals surface area contributed by atoms with Gasteiger partial charge in [0.25, 0.3) is 0 Å². The molecule has 0 bridgehead atoms. The van der Waals surface area contributed by atoms with Gasteiger partial charge in [0.05, 0.1) is 10.6 Å². The molecule has 2 fully saturated rings. The second kappa shape index (κ2) is 11.9. The van der Waals surface area contributed by atoms with Gasteiger partial charge in [-0.1, -0.05) is 43.7 Å². The first-order chi connectivity index (χ1) is 18.8. The van der Waals surface area contributed by atoms with Gasteiger partial charge in [0.2, 0.25) is 11.9 Å². The molecule has 0 spiro atoms. The maximum Gasteiger partial charge on any atom is 0.419 e. The summed E-state index contributed by atoms with van der Waals surface area (Å²) in [5.41, 5.74) is -0.208. The number of aromatic nitrogens is 4. The molecule has 1 aliphatic heterocycles. The molecule has 208 valence electrons. The molecular formula is C27H30ClF4N7. The van der Waals surface area contributed by atoms with Gasteiger partial charge in [0.1, 0.15) is 11.6 Å². The van der Waals surface area contributed by atoms with Gasteiger partial charge in [-0.2, -0.15) is 28.1 Å². The van der Waals surface area contributed by atoms with E-state index in [4.69, 9.17) is 11.6 Å². The Kier molecular flexibility index (Phi) is 8.34. The van der Waals surface area contributed by atoms with Crippen LogP contribution in [-0.4, -0.2) is 52.7 Å². The lowest BCUT2D eigenvalue weighted by Crippen LogP contribution is -2.48. The van der Waals surface area contributed by atoms with Crippen LogP contribution < -0.4 is 15.1 Å². The first-order valence-electron chi connectivity index (χ1n) is 13.3. The van der Waals surface area contributed by atoms with E-state index in [1.165, 1.54) is 56.5 Å². The van der Waals surface area contributed by atoms with E-state index in [0.29, 0.717) is 61.9 Å². The van der Waals surface area contributed by atoms with E-state index in [-0.39, 0.29) is 10.8 Å². The van der Waals surface area contributed by atoms with Gasteiger partial charge in [-0.25, -0.2) is 9.37 Å². The average molecular weight is 564 g/mol. The number of hydrogen-bond acceptors (Lipinski definition) is 7. The van der Waals surface area contributed by atoms with Crippen molar-refractivity contribution in [2.24, 2.45) is 5.92 Å². The van der Waals surface area contributed by atoms with Gasteiger partial charge in [-0.05, 0) is 42.7 Å². The van der Waals surface area contributed by atoms with Crippen LogP contribution >= 0.6 is 11.6 Å². The lowest BCUT2D eigenvalue weighted by Gasteiger charge is -2.36. The zero-order chi connectivity index (χ0) is 27.4. The number of benzene rings is 1. The van der Waals surface area contributed by atoms with Gasteiger partial charge < -0.3 is 15.1 Å². The summed E-state index contributed by atoms with van der Waals surface area (Å²) in [7, 11) is 0. The van der Waals surface area contributed by atoms with Gasteiger partial charge in [0, 0.05) is 44.5 Å². The topological polar surface area (TPSA) is 70.1 Å². The van der Waals surface area contributed by atoms with Crippen LogP contribution in [-0.2, 0) is 6.18 Å². The minimum Gasteiger partial charge on any atom is -0.354 e. The van der Waals surface area contributed by atoms with E-state index in [9.17, 15) is 17.6 Å². The van der Waals surface area contributed by atoms with Crippen LogP contribution in [0.4, 0.5) is 35.3 Å². The molecule has 3 heterocycles. The fraction of sp³-hybridized carbons (Fsp3) is 0.481. The highest BCUT2D eigenvalue weighted by atomic mass is 35.5. The standard InChI is InChI=1S/C27H30ClF4N7/c28-21-17-19(8-9-22(21)29)23-35-25(34-12-10-18-5-2-1-3-6-18)37-26(36-23)39-15-13-38(14-16-39)24-20(27(30,31)32)7-4-11-33-24/h4,7-9,11,17-18H,1-3,5-6,10,12-16H2,(H,34,35,36,37). The molecule has 0 unspecified atom stereocenters. The summed E-state index contributed by atoms with van der Waals surface area (Å²) in [6.07, 6.45) is 4.21. The normalized spacial score (nSPS) is 16.9. The van der Waals surface area contributed by atoms with Crippen molar-refractivity contribution in [3.8, 4) is 11.4 Å². The second-order valence-corrected chi connectivity index (χ2v) is 10.4. The molecule has 7 nitrogen and oxygen atoms in total. The third-order valence-corrected chi connectivity index (χ3v) is 7.61. The fourth-order valence-corrected chi connectivity index (χ4v) is 5.38. The Morgan fingerprint density at radius 3 is 2.41 bits per heavy atom. The molecule has 1 N–H and O–H groups in total. The molecule has 39 heavy (non-hydrogen) atoms. The first kappa shape index (κ1) is 27.4. The minimum atomic E-state index is -4.49. The van der Waals surface area contributed by atoms with Crippen molar-refractivity contribution in [3.05, 3.63) is 52.9 Å². The van der Waals surface area contributed by atoms with Crippen molar-refractivity contribution in [2.75, 3.05) is 47.8 Å². The second-order valence-electron chi connectivity index (χ2n) is 9.98. The molecule has 12 heteroatoms. The summed E-state index contributed by atoms with van der Waals surface area (Å²) in [5.74, 6) is 1.21. The predicted molar refractivity (Wildman–Crippen MR) is 144 cm³/mol. The van der Waals surface area contributed by atoms with Crippen LogP contribution in [0.1, 0.15) is 44.1 Å². The molecule has 1 aliphatic carbocycles. The number of anilines is 3. The number of piperazine rings is 1. The summed E-state index contributed by atoms with van der Waals surface area (Å²) in [6, 6.07) is 6.63. The monoisotopic (exact) mass is 563 g/mol. The summed E-state index contributed by atoms with van der Waals surface area (Å²) in [6.45, 7) is 2.12. The van der Waals surface area contributed by atoms with E-state index in [2.05, 4.69) is 25.3 Å². The summed E-state index contributed by atoms with van der Waals surface area (Å²) in [5, 5.41) is 3.29. The van der Waals surface area contributed by atoms with Crippen LogP contribution in [0.3, 0.4) is 0 Å². The van der Waals surface area contributed by atoms with E-state index in [1.807, 2.05) is 4.90 Å². The molecule has 1 saturated heterocycles. The molecule has 0 amide bonds. The molecule has 0 atom stereocenters. The van der Waals surface area contributed by atoms with Crippen molar-refractivity contribution in [1.82, 2.24) is 19.9 Å². The highest BCUT2D eigenvalue weighted by Crippen LogP contribution is 2.35. The van der Waals surface area contributed by atoms with Crippen LogP contribution in [0.5, 0.6) is 0 Å². The number of hydrogen-bond donors (Lipinski definition) is 1. The minimum absolute atomic E-state index is 0.0364. The Hall–Kier alpha value is -3.21. The molecular weight excluding hydrogens is 534 g/mol. The summed E-state index contributed by atoms with van der Waals surface area (Å²) < 4.78 is 54.4. The van der Waals surface area contributed by atoms with E-state index in [0.717, 1.165) is 12.5 Å². The number of nitrogens with one attached hydrogen (secondary N) is 1. The number of pyridine rings is 1. The zero-order valence-electron chi connectivity index (χ0n) is 21.4. The van der Waals surface area contributed by atoms with Crippen molar-refractivity contribution in [3.63, 3.8) is 0 Å². The van der Waals surface area contributed by atoms with Crippen LogP contribution in [0.2, 0.25) is 5.02 Å². The third kappa shape index (κ3) is 6.69. The third-order valence-electron chi connectivity index (χ3n) is 7.32. The van der Waals surface area contributed by atoms with E-state index < -0.39 is 17.6 Å². The smallest absolute Gasteiger partial charge is 0.354 e. The molecule has 2 aromatic heterocycles. The largest absolute Gasteiger partial charge is 0.419 e. The number of alkyl halides is 3.